The second kappa shape index (κ2) is 8.61. The summed E-state index contributed by atoms with van der Waals surface area (Å²) >= 11 is 3.43. The Morgan fingerprint density at radius 2 is 2.14 bits per heavy atom. The van der Waals surface area contributed by atoms with Gasteiger partial charge in [0.25, 0.3) is 0 Å². The average Bonchev–Trinajstić information content (AvgIpc) is 2.54. The van der Waals surface area contributed by atoms with Gasteiger partial charge in [-0.1, -0.05) is 6.92 Å². The van der Waals surface area contributed by atoms with Gasteiger partial charge in [0.05, 0.1) is 30.9 Å². The summed E-state index contributed by atoms with van der Waals surface area (Å²) in [4.78, 5) is 6.96. The van der Waals surface area contributed by atoms with Crippen molar-refractivity contribution >= 4 is 15.9 Å². The van der Waals surface area contributed by atoms with Gasteiger partial charge in [0.2, 0.25) is 0 Å². The molecule has 1 aromatic heterocycles. The van der Waals surface area contributed by atoms with E-state index < -0.39 is 0 Å². The van der Waals surface area contributed by atoms with Crippen molar-refractivity contribution in [1.29, 1.82) is 5.26 Å². The maximum Gasteiger partial charge on any atom is 0.0888 e. The molecule has 0 N–H and O–H groups in total. The van der Waals surface area contributed by atoms with Crippen LogP contribution in [0.3, 0.4) is 0 Å². The number of hydrogen-bond donors (Lipinski definition) is 0. The lowest BCUT2D eigenvalue weighted by Gasteiger charge is -2.34. The lowest BCUT2D eigenvalue weighted by atomic mass is 9.93. The van der Waals surface area contributed by atoms with Gasteiger partial charge in [0.15, 0.2) is 0 Å². The van der Waals surface area contributed by atoms with E-state index in [0.29, 0.717) is 6.04 Å². The highest BCUT2D eigenvalue weighted by Crippen LogP contribution is 2.26. The predicted molar refractivity (Wildman–Crippen MR) is 90.7 cm³/mol. The summed E-state index contributed by atoms with van der Waals surface area (Å²) in [6.07, 6.45) is 4.80. The first-order valence-electron chi connectivity index (χ1n) is 7.99. The van der Waals surface area contributed by atoms with Gasteiger partial charge in [-0.3, -0.25) is 9.88 Å². The summed E-state index contributed by atoms with van der Waals surface area (Å²) in [6.45, 7) is 7.91. The van der Waals surface area contributed by atoms with Crippen molar-refractivity contribution in [3.63, 3.8) is 0 Å². The Bertz CT molecular complexity index is 523. The molecule has 0 aromatic carbocycles. The van der Waals surface area contributed by atoms with Crippen molar-refractivity contribution < 1.29 is 4.74 Å². The van der Waals surface area contributed by atoms with Gasteiger partial charge in [-0.25, -0.2) is 0 Å². The monoisotopic (exact) mass is 365 g/mol. The molecule has 2 heterocycles. The van der Waals surface area contributed by atoms with Gasteiger partial charge < -0.3 is 4.74 Å². The zero-order valence-corrected chi connectivity index (χ0v) is 15.0. The molecule has 1 aliphatic rings. The Labute approximate surface area is 141 Å². The Morgan fingerprint density at radius 3 is 2.73 bits per heavy atom. The van der Waals surface area contributed by atoms with E-state index in [-0.39, 0.29) is 5.92 Å². The second-order valence-electron chi connectivity index (χ2n) is 5.83. The summed E-state index contributed by atoms with van der Waals surface area (Å²) in [5.41, 5.74) is 2.00. The third kappa shape index (κ3) is 4.52. The van der Waals surface area contributed by atoms with E-state index in [1.165, 1.54) is 0 Å². The van der Waals surface area contributed by atoms with Gasteiger partial charge in [-0.15, -0.1) is 0 Å². The normalized spacial score (nSPS) is 18.6. The zero-order valence-electron chi connectivity index (χ0n) is 13.4. The maximum absolute atomic E-state index is 9.53. The highest BCUT2D eigenvalue weighted by atomic mass is 79.9. The number of nitriles is 1. The largest absolute Gasteiger partial charge is 0.379 e. The third-order valence-electron chi connectivity index (χ3n) is 4.39. The molecule has 2 unspecified atom stereocenters. The van der Waals surface area contributed by atoms with Gasteiger partial charge in [-0.2, -0.15) is 5.26 Å². The first-order valence-corrected chi connectivity index (χ1v) is 8.78. The number of ether oxygens (including phenoxy) is 1. The van der Waals surface area contributed by atoms with Crippen LogP contribution in [0, 0.1) is 18.3 Å². The molecule has 1 aliphatic heterocycles. The molecule has 0 radical (unpaired) electrons. The molecule has 120 valence electrons. The lowest BCUT2D eigenvalue weighted by Crippen LogP contribution is -2.43. The van der Waals surface area contributed by atoms with Gasteiger partial charge >= 0.3 is 0 Å². The minimum absolute atomic E-state index is 0.122. The molecular weight excluding hydrogens is 342 g/mol. The van der Waals surface area contributed by atoms with Crippen LogP contribution >= 0.6 is 15.9 Å². The van der Waals surface area contributed by atoms with E-state index in [1.807, 2.05) is 13.0 Å². The van der Waals surface area contributed by atoms with Crippen molar-refractivity contribution in [3.8, 4) is 6.07 Å². The fourth-order valence-electron chi connectivity index (χ4n) is 3.12. The summed E-state index contributed by atoms with van der Waals surface area (Å²) in [7, 11) is 0. The fourth-order valence-corrected chi connectivity index (χ4v) is 3.57. The number of nitrogens with zero attached hydrogens (tertiary/aromatic N) is 3. The van der Waals surface area contributed by atoms with E-state index >= 15 is 0 Å². The van der Waals surface area contributed by atoms with Gasteiger partial charge in [0.1, 0.15) is 0 Å². The molecule has 2 rings (SSSR count). The number of morpholine rings is 1. The highest BCUT2D eigenvalue weighted by molar-refractivity contribution is 9.10. The number of hydrogen-bond acceptors (Lipinski definition) is 4. The average molecular weight is 366 g/mol. The zero-order chi connectivity index (χ0) is 15.9. The summed E-state index contributed by atoms with van der Waals surface area (Å²) in [6, 6.07) is 5.01. The number of rotatable bonds is 6. The van der Waals surface area contributed by atoms with Crippen LogP contribution in [0.5, 0.6) is 0 Å². The van der Waals surface area contributed by atoms with Crippen LogP contribution in [0.2, 0.25) is 0 Å². The van der Waals surface area contributed by atoms with Crippen LogP contribution in [-0.2, 0) is 4.74 Å². The number of aryl methyl sites for hydroxylation is 1. The van der Waals surface area contributed by atoms with E-state index in [0.717, 1.165) is 61.3 Å². The number of pyridine rings is 1. The first-order chi connectivity index (χ1) is 10.7. The second-order valence-corrected chi connectivity index (χ2v) is 6.74. The topological polar surface area (TPSA) is 49.2 Å². The highest BCUT2D eigenvalue weighted by Gasteiger charge is 2.22. The van der Waals surface area contributed by atoms with Crippen molar-refractivity contribution in [2.75, 3.05) is 26.3 Å². The summed E-state index contributed by atoms with van der Waals surface area (Å²) in [5, 5.41) is 9.53. The van der Waals surface area contributed by atoms with E-state index in [1.54, 1.807) is 6.20 Å². The minimum atomic E-state index is -0.122. The quantitative estimate of drug-likeness (QED) is 0.771. The molecule has 1 fully saturated rings. The van der Waals surface area contributed by atoms with Crippen molar-refractivity contribution in [2.45, 2.75) is 45.1 Å². The van der Waals surface area contributed by atoms with Crippen molar-refractivity contribution in [2.24, 2.45) is 0 Å². The van der Waals surface area contributed by atoms with E-state index in [2.05, 4.69) is 38.8 Å². The van der Waals surface area contributed by atoms with Crippen LogP contribution < -0.4 is 0 Å². The molecule has 2 atom stereocenters. The lowest BCUT2D eigenvalue weighted by molar-refractivity contribution is 0.0134. The standard InChI is InChI=1S/C17H24BrN3O/c1-3-16(21-6-8-22-9-7-21)5-4-14(11-19)17-13(2)10-15(18)12-20-17/h10,12,14,16H,3-9H2,1-2H3. The molecule has 22 heavy (non-hydrogen) atoms. The van der Waals surface area contributed by atoms with E-state index in [4.69, 9.17) is 4.74 Å². The molecule has 0 amide bonds. The molecule has 1 saturated heterocycles. The SMILES string of the molecule is CCC(CCC(C#N)c1ncc(Br)cc1C)N1CCOCC1. The number of aromatic nitrogens is 1. The molecule has 0 saturated carbocycles. The minimum Gasteiger partial charge on any atom is -0.379 e. The predicted octanol–water partition coefficient (Wildman–Crippen LogP) is 3.65. The third-order valence-corrected chi connectivity index (χ3v) is 4.83. The smallest absolute Gasteiger partial charge is 0.0888 e. The van der Waals surface area contributed by atoms with Crippen LogP contribution in [0.15, 0.2) is 16.7 Å². The van der Waals surface area contributed by atoms with Gasteiger partial charge in [0, 0.05) is 29.8 Å². The fraction of sp³-hybridized carbons (Fsp3) is 0.647. The van der Waals surface area contributed by atoms with Crippen LogP contribution in [0.4, 0.5) is 0 Å². The van der Waals surface area contributed by atoms with Crippen LogP contribution in [-0.4, -0.2) is 42.2 Å². The maximum atomic E-state index is 9.53. The molecular formula is C17H24BrN3O. The van der Waals surface area contributed by atoms with E-state index in [9.17, 15) is 5.26 Å². The first kappa shape index (κ1) is 17.4. The Hall–Kier alpha value is -0.960. The van der Waals surface area contributed by atoms with Crippen LogP contribution in [0.25, 0.3) is 0 Å². The summed E-state index contributed by atoms with van der Waals surface area (Å²) < 4.78 is 6.39. The molecule has 0 aliphatic carbocycles. The molecule has 4 nitrogen and oxygen atoms in total. The molecule has 0 bridgehead atoms. The van der Waals surface area contributed by atoms with Crippen molar-refractivity contribution in [1.82, 2.24) is 9.88 Å². The number of halogens is 1. The van der Waals surface area contributed by atoms with Crippen molar-refractivity contribution in [3.05, 3.63) is 28.0 Å². The Balaban J connectivity index is 1.99. The Kier molecular flexibility index (Phi) is 6.81. The van der Waals surface area contributed by atoms with Crippen LogP contribution in [0.1, 0.15) is 43.4 Å². The van der Waals surface area contributed by atoms with Gasteiger partial charge in [-0.05, 0) is 53.7 Å². The molecule has 5 heteroatoms. The summed E-state index contributed by atoms with van der Waals surface area (Å²) in [5.74, 6) is -0.122. The molecule has 1 aromatic rings. The molecule has 0 spiro atoms. The Morgan fingerprint density at radius 1 is 1.41 bits per heavy atom.